The Labute approximate surface area is 131 Å². The molecule has 1 aromatic carbocycles. The lowest BCUT2D eigenvalue weighted by Crippen LogP contribution is -2.48. The van der Waals surface area contributed by atoms with Crippen LogP contribution in [0.3, 0.4) is 0 Å². The molecule has 2 rings (SSSR count). The molecule has 1 aromatic rings. The van der Waals surface area contributed by atoms with Gasteiger partial charge >= 0.3 is 0 Å². The van der Waals surface area contributed by atoms with Crippen LogP contribution < -0.4 is 5.32 Å². The van der Waals surface area contributed by atoms with Crippen LogP contribution in [0.5, 0.6) is 0 Å². The molecule has 0 spiro atoms. The minimum atomic E-state index is -0.704. The van der Waals surface area contributed by atoms with Gasteiger partial charge in [-0.3, -0.25) is 4.79 Å². The summed E-state index contributed by atoms with van der Waals surface area (Å²) in [6.45, 7) is 0. The van der Waals surface area contributed by atoms with E-state index in [-0.39, 0.29) is 5.91 Å². The first-order chi connectivity index (χ1) is 9.06. The van der Waals surface area contributed by atoms with Gasteiger partial charge in [-0.05, 0) is 53.6 Å². The predicted octanol–water partition coefficient (Wildman–Crippen LogP) is 3.90. The van der Waals surface area contributed by atoms with Crippen LogP contribution in [-0.2, 0) is 0 Å². The molecule has 1 N–H and O–H groups in total. The van der Waals surface area contributed by atoms with Crippen molar-refractivity contribution in [1.29, 1.82) is 5.26 Å². The molecule has 0 heterocycles. The van der Waals surface area contributed by atoms with Gasteiger partial charge in [0.15, 0.2) is 0 Å². The molecule has 0 bridgehead atoms. The second kappa shape index (κ2) is 6.10. The number of carbonyl (C=O) groups is 1. The molecule has 0 saturated heterocycles. The smallest absolute Gasteiger partial charge is 0.252 e. The van der Waals surface area contributed by atoms with Crippen LogP contribution in [0.15, 0.2) is 18.2 Å². The number of carbonyl (C=O) groups excluding carboxylic acids is 1. The van der Waals surface area contributed by atoms with Gasteiger partial charge in [0.05, 0.1) is 11.1 Å². The third-order valence-corrected chi connectivity index (χ3v) is 5.03. The largest absolute Gasteiger partial charge is 0.334 e. The molecule has 100 valence electrons. The quantitative estimate of drug-likeness (QED) is 0.781. The molecule has 1 amide bonds. The lowest BCUT2D eigenvalue weighted by Gasteiger charge is -2.31. The van der Waals surface area contributed by atoms with Gasteiger partial charge in [0.25, 0.3) is 5.91 Å². The summed E-state index contributed by atoms with van der Waals surface area (Å²) in [5.74, 6) is -0.221. The molecule has 0 atom stereocenters. The van der Waals surface area contributed by atoms with Gasteiger partial charge in [-0.1, -0.05) is 30.9 Å². The van der Waals surface area contributed by atoms with Crippen molar-refractivity contribution in [2.75, 3.05) is 0 Å². The molecule has 5 heteroatoms. The third-order valence-electron chi connectivity index (χ3n) is 3.46. The fourth-order valence-electron chi connectivity index (χ4n) is 2.35. The Bertz CT molecular complexity index is 533. The second-order valence-electron chi connectivity index (χ2n) is 4.84. The Morgan fingerprint density at radius 2 is 2.05 bits per heavy atom. The summed E-state index contributed by atoms with van der Waals surface area (Å²) >= 11 is 8.13. The van der Waals surface area contributed by atoms with E-state index < -0.39 is 5.54 Å². The van der Waals surface area contributed by atoms with Crippen molar-refractivity contribution in [2.45, 2.75) is 37.6 Å². The summed E-state index contributed by atoms with van der Waals surface area (Å²) in [4.78, 5) is 12.2. The van der Waals surface area contributed by atoms with E-state index in [2.05, 4.69) is 34.0 Å². The molecular weight excluding hydrogens is 375 g/mol. The summed E-state index contributed by atoms with van der Waals surface area (Å²) in [5.41, 5.74) is -0.198. The maximum absolute atomic E-state index is 12.2. The number of hydrogen-bond acceptors (Lipinski definition) is 2. The van der Waals surface area contributed by atoms with E-state index in [0.29, 0.717) is 10.6 Å². The summed E-state index contributed by atoms with van der Waals surface area (Å²) in [5, 5.41) is 12.8. The van der Waals surface area contributed by atoms with Gasteiger partial charge in [-0.15, -0.1) is 0 Å². The second-order valence-corrected chi connectivity index (χ2v) is 6.41. The normalized spacial score (nSPS) is 17.5. The van der Waals surface area contributed by atoms with Crippen molar-refractivity contribution in [1.82, 2.24) is 5.32 Å². The molecule has 1 aliphatic carbocycles. The summed E-state index contributed by atoms with van der Waals surface area (Å²) in [7, 11) is 0. The van der Waals surface area contributed by atoms with Crippen LogP contribution in [-0.4, -0.2) is 11.4 Å². The summed E-state index contributed by atoms with van der Waals surface area (Å²) in [6, 6.07) is 7.46. The Balaban J connectivity index is 2.15. The Kier molecular flexibility index (Phi) is 4.69. The first-order valence-corrected chi connectivity index (χ1v) is 7.71. The molecule has 1 saturated carbocycles. The molecule has 1 aliphatic rings. The summed E-state index contributed by atoms with van der Waals surface area (Å²) in [6.07, 6.45) is 4.57. The van der Waals surface area contributed by atoms with Gasteiger partial charge in [0, 0.05) is 9.13 Å². The van der Waals surface area contributed by atoms with Crippen LogP contribution in [0, 0.1) is 14.9 Å². The van der Waals surface area contributed by atoms with Gasteiger partial charge in [0.2, 0.25) is 0 Å². The van der Waals surface area contributed by atoms with Crippen LogP contribution in [0.1, 0.15) is 42.5 Å². The van der Waals surface area contributed by atoms with E-state index in [1.54, 1.807) is 18.2 Å². The highest BCUT2D eigenvalue weighted by molar-refractivity contribution is 14.1. The van der Waals surface area contributed by atoms with Crippen molar-refractivity contribution in [3.05, 3.63) is 32.4 Å². The lowest BCUT2D eigenvalue weighted by atomic mass is 9.82. The van der Waals surface area contributed by atoms with Gasteiger partial charge in [-0.25, -0.2) is 0 Å². The standard InChI is InChI=1S/C14H14ClIN2O/c15-11-8-10(4-5-12(11)16)13(19)18-14(9-17)6-2-1-3-7-14/h4-5,8H,1-3,6-7H2,(H,18,19). The highest BCUT2D eigenvalue weighted by atomic mass is 127. The van der Waals surface area contributed by atoms with E-state index in [9.17, 15) is 10.1 Å². The average Bonchev–Trinajstić information content (AvgIpc) is 2.43. The highest BCUT2D eigenvalue weighted by Crippen LogP contribution is 2.28. The number of hydrogen-bond donors (Lipinski definition) is 1. The summed E-state index contributed by atoms with van der Waals surface area (Å²) < 4.78 is 0.906. The Morgan fingerprint density at radius 3 is 2.63 bits per heavy atom. The molecule has 0 radical (unpaired) electrons. The minimum Gasteiger partial charge on any atom is -0.334 e. The number of halogens is 2. The zero-order valence-electron chi connectivity index (χ0n) is 10.4. The maximum atomic E-state index is 12.2. The zero-order chi connectivity index (χ0) is 13.9. The Hall–Kier alpha value is -0.800. The number of nitrogens with zero attached hydrogens (tertiary/aromatic N) is 1. The number of nitrogens with one attached hydrogen (secondary N) is 1. The van der Waals surface area contributed by atoms with Crippen molar-refractivity contribution in [3.63, 3.8) is 0 Å². The number of rotatable bonds is 2. The van der Waals surface area contributed by atoms with E-state index in [1.807, 2.05) is 0 Å². The van der Waals surface area contributed by atoms with Crippen molar-refractivity contribution < 1.29 is 4.79 Å². The maximum Gasteiger partial charge on any atom is 0.252 e. The van der Waals surface area contributed by atoms with Gasteiger partial charge in [-0.2, -0.15) is 5.26 Å². The first-order valence-electron chi connectivity index (χ1n) is 6.25. The van der Waals surface area contributed by atoms with Crippen LogP contribution >= 0.6 is 34.2 Å². The zero-order valence-corrected chi connectivity index (χ0v) is 13.3. The third kappa shape index (κ3) is 3.40. The van der Waals surface area contributed by atoms with Crippen LogP contribution in [0.4, 0.5) is 0 Å². The number of benzene rings is 1. The minimum absolute atomic E-state index is 0.221. The molecule has 3 nitrogen and oxygen atoms in total. The molecule has 0 unspecified atom stereocenters. The van der Waals surface area contributed by atoms with Crippen LogP contribution in [0.2, 0.25) is 5.02 Å². The van der Waals surface area contributed by atoms with E-state index in [0.717, 1.165) is 35.7 Å². The average molecular weight is 389 g/mol. The topological polar surface area (TPSA) is 52.9 Å². The monoisotopic (exact) mass is 388 g/mol. The SMILES string of the molecule is N#CC1(NC(=O)c2ccc(I)c(Cl)c2)CCCCC1. The molecule has 19 heavy (non-hydrogen) atoms. The fourth-order valence-corrected chi connectivity index (χ4v) is 2.86. The van der Waals surface area contributed by atoms with Crippen molar-refractivity contribution >= 4 is 40.1 Å². The van der Waals surface area contributed by atoms with E-state index in [1.165, 1.54) is 0 Å². The van der Waals surface area contributed by atoms with E-state index in [4.69, 9.17) is 11.6 Å². The number of amides is 1. The highest BCUT2D eigenvalue weighted by Gasteiger charge is 2.33. The van der Waals surface area contributed by atoms with Gasteiger partial charge in [0.1, 0.15) is 5.54 Å². The molecule has 1 fully saturated rings. The first kappa shape index (κ1) is 14.6. The molecule has 0 aliphatic heterocycles. The predicted molar refractivity (Wildman–Crippen MR) is 83.1 cm³/mol. The van der Waals surface area contributed by atoms with Crippen LogP contribution in [0.25, 0.3) is 0 Å². The fraction of sp³-hybridized carbons (Fsp3) is 0.429. The molecule has 0 aromatic heterocycles. The molecular formula is C14H14ClIN2O. The Morgan fingerprint density at radius 1 is 1.37 bits per heavy atom. The van der Waals surface area contributed by atoms with E-state index >= 15 is 0 Å². The number of nitriles is 1. The van der Waals surface area contributed by atoms with Gasteiger partial charge < -0.3 is 5.32 Å². The van der Waals surface area contributed by atoms with Crippen molar-refractivity contribution in [2.24, 2.45) is 0 Å². The lowest BCUT2D eigenvalue weighted by molar-refractivity contribution is 0.0902. The van der Waals surface area contributed by atoms with Crippen molar-refractivity contribution in [3.8, 4) is 6.07 Å².